The van der Waals surface area contributed by atoms with Crippen molar-refractivity contribution in [3.05, 3.63) is 66.2 Å². The SMILES string of the molecule is C=Nc1ccc(OCc2ccccc2)cc1C(=C)Br. The van der Waals surface area contributed by atoms with E-state index in [0.717, 1.165) is 27.0 Å². The van der Waals surface area contributed by atoms with Crippen LogP contribution in [0.5, 0.6) is 5.75 Å². The van der Waals surface area contributed by atoms with Gasteiger partial charge in [-0.2, -0.15) is 0 Å². The molecule has 0 bridgehead atoms. The highest BCUT2D eigenvalue weighted by molar-refractivity contribution is 9.15. The molecule has 0 saturated heterocycles. The van der Waals surface area contributed by atoms with E-state index in [1.165, 1.54) is 0 Å². The van der Waals surface area contributed by atoms with Crippen molar-refractivity contribution in [1.29, 1.82) is 0 Å². The van der Waals surface area contributed by atoms with Crippen LogP contribution in [-0.2, 0) is 6.61 Å². The third-order valence-electron chi connectivity index (χ3n) is 2.68. The quantitative estimate of drug-likeness (QED) is 0.714. The number of rotatable bonds is 5. The minimum atomic E-state index is 0.538. The molecule has 0 amide bonds. The first-order valence-electron chi connectivity index (χ1n) is 5.83. The molecule has 0 aliphatic rings. The summed E-state index contributed by atoms with van der Waals surface area (Å²) in [5, 5.41) is 0. The van der Waals surface area contributed by atoms with Crippen molar-refractivity contribution in [2.45, 2.75) is 6.61 Å². The molecule has 2 aromatic carbocycles. The number of benzene rings is 2. The largest absolute Gasteiger partial charge is 0.489 e. The van der Waals surface area contributed by atoms with Crippen LogP contribution in [0.15, 0.2) is 60.1 Å². The van der Waals surface area contributed by atoms with Crippen LogP contribution >= 0.6 is 15.9 Å². The Hall–Kier alpha value is -1.87. The van der Waals surface area contributed by atoms with Crippen LogP contribution in [0.4, 0.5) is 5.69 Å². The Labute approximate surface area is 121 Å². The molecular weight excluding hydrogens is 302 g/mol. The maximum Gasteiger partial charge on any atom is 0.120 e. The summed E-state index contributed by atoms with van der Waals surface area (Å²) >= 11 is 3.37. The Morgan fingerprint density at radius 2 is 1.89 bits per heavy atom. The van der Waals surface area contributed by atoms with Crippen molar-refractivity contribution >= 4 is 32.8 Å². The van der Waals surface area contributed by atoms with Crippen LogP contribution in [-0.4, -0.2) is 6.72 Å². The molecule has 0 N–H and O–H groups in total. The van der Waals surface area contributed by atoms with E-state index in [0.29, 0.717) is 6.61 Å². The summed E-state index contributed by atoms with van der Waals surface area (Å²) in [5.74, 6) is 0.784. The first kappa shape index (κ1) is 13.6. The standard InChI is InChI=1S/C16H14BrNO/c1-12(17)15-10-14(8-9-16(15)18-2)19-11-13-6-4-3-5-7-13/h3-10H,1-2,11H2. The summed E-state index contributed by atoms with van der Waals surface area (Å²) < 4.78 is 6.52. The summed E-state index contributed by atoms with van der Waals surface area (Å²) in [7, 11) is 0. The highest BCUT2D eigenvalue weighted by atomic mass is 79.9. The van der Waals surface area contributed by atoms with Gasteiger partial charge in [0.1, 0.15) is 12.4 Å². The van der Waals surface area contributed by atoms with E-state index in [1.54, 1.807) is 0 Å². The van der Waals surface area contributed by atoms with Crippen LogP contribution in [0.1, 0.15) is 11.1 Å². The van der Waals surface area contributed by atoms with Crippen LogP contribution in [0, 0.1) is 0 Å². The molecule has 0 aliphatic heterocycles. The lowest BCUT2D eigenvalue weighted by Gasteiger charge is -2.09. The summed E-state index contributed by atoms with van der Waals surface area (Å²) in [6.07, 6.45) is 0. The van der Waals surface area contributed by atoms with Crippen molar-refractivity contribution in [3.8, 4) is 5.75 Å². The Kier molecular flexibility index (Phi) is 4.53. The molecule has 0 heterocycles. The zero-order valence-corrected chi connectivity index (χ0v) is 12.1. The topological polar surface area (TPSA) is 21.6 Å². The molecule has 2 rings (SSSR count). The Morgan fingerprint density at radius 3 is 2.53 bits per heavy atom. The minimum absolute atomic E-state index is 0.538. The van der Waals surface area contributed by atoms with Crippen LogP contribution in [0.3, 0.4) is 0 Å². The molecule has 2 nitrogen and oxygen atoms in total. The van der Waals surface area contributed by atoms with Gasteiger partial charge >= 0.3 is 0 Å². The van der Waals surface area contributed by atoms with Gasteiger partial charge in [0, 0.05) is 10.0 Å². The van der Waals surface area contributed by atoms with Crippen LogP contribution in [0.2, 0.25) is 0 Å². The number of halogens is 1. The molecule has 0 unspecified atom stereocenters. The van der Waals surface area contributed by atoms with Gasteiger partial charge in [0.05, 0.1) is 5.69 Å². The molecule has 96 valence electrons. The highest BCUT2D eigenvalue weighted by Gasteiger charge is 2.05. The lowest BCUT2D eigenvalue weighted by molar-refractivity contribution is 0.306. The first-order valence-corrected chi connectivity index (χ1v) is 6.62. The third kappa shape index (κ3) is 3.55. The van der Waals surface area contributed by atoms with Gasteiger partial charge in [-0.15, -0.1) is 0 Å². The average Bonchev–Trinajstić information content (AvgIpc) is 2.46. The van der Waals surface area contributed by atoms with Gasteiger partial charge < -0.3 is 4.74 Å². The van der Waals surface area contributed by atoms with Crippen molar-refractivity contribution < 1.29 is 4.74 Å². The van der Waals surface area contributed by atoms with E-state index in [2.05, 4.69) is 34.2 Å². The van der Waals surface area contributed by atoms with Gasteiger partial charge in [0.25, 0.3) is 0 Å². The van der Waals surface area contributed by atoms with E-state index >= 15 is 0 Å². The second kappa shape index (κ2) is 6.34. The molecule has 0 aromatic heterocycles. The molecule has 19 heavy (non-hydrogen) atoms. The van der Waals surface area contributed by atoms with Gasteiger partial charge in [-0.05, 0) is 30.5 Å². The van der Waals surface area contributed by atoms with Crippen molar-refractivity contribution in [1.82, 2.24) is 0 Å². The average molecular weight is 316 g/mol. The molecular formula is C16H14BrNO. The van der Waals surface area contributed by atoms with Crippen LogP contribution < -0.4 is 4.74 Å². The van der Waals surface area contributed by atoms with Gasteiger partial charge in [0.2, 0.25) is 0 Å². The zero-order valence-electron chi connectivity index (χ0n) is 10.5. The Balaban J connectivity index is 2.15. The lowest BCUT2D eigenvalue weighted by Crippen LogP contribution is -1.95. The molecule has 3 heteroatoms. The van der Waals surface area contributed by atoms with E-state index < -0.39 is 0 Å². The van der Waals surface area contributed by atoms with Gasteiger partial charge in [0.15, 0.2) is 0 Å². The summed E-state index contributed by atoms with van der Waals surface area (Å²) in [6.45, 7) is 7.95. The molecule has 0 radical (unpaired) electrons. The number of ether oxygens (including phenoxy) is 1. The third-order valence-corrected chi connectivity index (χ3v) is 3.11. The minimum Gasteiger partial charge on any atom is -0.489 e. The van der Waals surface area contributed by atoms with E-state index in [-0.39, 0.29) is 0 Å². The van der Waals surface area contributed by atoms with Crippen LogP contribution in [0.25, 0.3) is 4.48 Å². The second-order valence-electron chi connectivity index (χ2n) is 4.02. The van der Waals surface area contributed by atoms with Crippen molar-refractivity contribution in [2.24, 2.45) is 4.99 Å². The number of hydrogen-bond donors (Lipinski definition) is 0. The summed E-state index contributed by atoms with van der Waals surface area (Å²) in [4.78, 5) is 3.95. The highest BCUT2D eigenvalue weighted by Crippen LogP contribution is 2.32. The number of aliphatic imine (C=N–C) groups is 1. The van der Waals surface area contributed by atoms with E-state index in [9.17, 15) is 0 Å². The molecule has 0 spiro atoms. The van der Waals surface area contributed by atoms with Crippen molar-refractivity contribution in [3.63, 3.8) is 0 Å². The van der Waals surface area contributed by atoms with E-state index in [4.69, 9.17) is 4.74 Å². The maximum atomic E-state index is 5.76. The molecule has 0 aliphatic carbocycles. The monoisotopic (exact) mass is 315 g/mol. The number of hydrogen-bond acceptors (Lipinski definition) is 2. The number of nitrogens with zero attached hydrogens (tertiary/aromatic N) is 1. The Bertz CT molecular complexity index is 593. The smallest absolute Gasteiger partial charge is 0.120 e. The van der Waals surface area contributed by atoms with Gasteiger partial charge in [-0.3, -0.25) is 4.99 Å². The fourth-order valence-electron chi connectivity index (χ4n) is 1.70. The van der Waals surface area contributed by atoms with E-state index in [1.807, 2.05) is 48.5 Å². The van der Waals surface area contributed by atoms with Gasteiger partial charge in [-0.1, -0.05) is 52.8 Å². The molecule has 2 aromatic rings. The predicted octanol–water partition coefficient (Wildman–Crippen LogP) is 4.96. The fraction of sp³-hybridized carbons (Fsp3) is 0.0625. The summed E-state index contributed by atoms with van der Waals surface area (Å²) in [5.41, 5.74) is 2.81. The normalized spacial score (nSPS) is 9.95. The fourth-order valence-corrected chi connectivity index (χ4v) is 2.02. The second-order valence-corrected chi connectivity index (χ2v) is 4.97. The summed E-state index contributed by atoms with van der Waals surface area (Å²) in [6, 6.07) is 15.7. The Morgan fingerprint density at radius 1 is 1.16 bits per heavy atom. The maximum absolute atomic E-state index is 5.76. The van der Waals surface area contributed by atoms with Crippen molar-refractivity contribution in [2.75, 3.05) is 0 Å². The molecule has 0 saturated carbocycles. The predicted molar refractivity (Wildman–Crippen MR) is 84.4 cm³/mol. The molecule has 0 fully saturated rings. The zero-order chi connectivity index (χ0) is 13.7. The van der Waals surface area contributed by atoms with Gasteiger partial charge in [-0.25, -0.2) is 0 Å². The first-order chi connectivity index (χ1) is 9.20. The molecule has 0 atom stereocenters. The lowest BCUT2D eigenvalue weighted by atomic mass is 10.1.